The van der Waals surface area contributed by atoms with E-state index in [4.69, 9.17) is 4.74 Å². The predicted octanol–water partition coefficient (Wildman–Crippen LogP) is 5.63. The Morgan fingerprint density at radius 1 is 1.26 bits per heavy atom. The van der Waals surface area contributed by atoms with E-state index in [9.17, 15) is 14.3 Å². The van der Waals surface area contributed by atoms with Crippen LogP contribution in [0.1, 0.15) is 38.0 Å². The average molecular weight is 453 g/mol. The van der Waals surface area contributed by atoms with Crippen molar-refractivity contribution < 1.29 is 19.0 Å². The van der Waals surface area contributed by atoms with Crippen molar-refractivity contribution in [2.75, 3.05) is 5.32 Å². The van der Waals surface area contributed by atoms with Crippen molar-refractivity contribution in [3.05, 3.63) is 57.8 Å². The Morgan fingerprint density at radius 3 is 2.56 bits per heavy atom. The van der Waals surface area contributed by atoms with E-state index >= 15 is 0 Å². The van der Waals surface area contributed by atoms with E-state index in [0.29, 0.717) is 26.2 Å². The number of aliphatic hydroxyl groups is 1. The van der Waals surface area contributed by atoms with Gasteiger partial charge in [0.25, 0.3) is 0 Å². The normalized spacial score (nSPS) is 12.8. The Hall–Kier alpha value is -2.03. The van der Waals surface area contributed by atoms with Crippen LogP contribution in [0.25, 0.3) is 10.2 Å². The van der Waals surface area contributed by atoms with Crippen molar-refractivity contribution in [2.24, 2.45) is 0 Å². The van der Waals surface area contributed by atoms with Crippen molar-refractivity contribution in [1.29, 1.82) is 0 Å². The third kappa shape index (κ3) is 4.82. The maximum atomic E-state index is 13.1. The number of halogens is 2. The van der Waals surface area contributed by atoms with Crippen LogP contribution in [0.2, 0.25) is 0 Å². The molecule has 0 saturated carbocycles. The van der Waals surface area contributed by atoms with Crippen LogP contribution in [0.4, 0.5) is 14.3 Å². The van der Waals surface area contributed by atoms with E-state index in [2.05, 4.69) is 26.2 Å². The molecule has 8 heteroatoms. The van der Waals surface area contributed by atoms with E-state index in [1.54, 1.807) is 45.0 Å². The number of anilines is 1. The van der Waals surface area contributed by atoms with E-state index in [-0.39, 0.29) is 5.82 Å². The number of amides is 1. The standard InChI is InChI=1S/C19H18BrFN2O3S/c1-19(2,3)26-18(25)23-17-22-15-13(20)8-11(9-14(15)27-17)16(24)10-4-6-12(21)7-5-10/h4-9,16,24H,1-3H3,(H,22,23,25). The van der Waals surface area contributed by atoms with Crippen LogP contribution in [-0.2, 0) is 4.74 Å². The molecule has 3 rings (SSSR count). The zero-order valence-corrected chi connectivity index (χ0v) is 17.3. The van der Waals surface area contributed by atoms with E-state index < -0.39 is 17.8 Å². The lowest BCUT2D eigenvalue weighted by molar-refractivity contribution is 0.0636. The summed E-state index contributed by atoms with van der Waals surface area (Å²) in [5, 5.41) is 13.6. The molecule has 0 aliphatic carbocycles. The minimum absolute atomic E-state index is 0.358. The van der Waals surface area contributed by atoms with Gasteiger partial charge in [0.2, 0.25) is 0 Å². The van der Waals surface area contributed by atoms with Gasteiger partial charge in [-0.2, -0.15) is 0 Å². The van der Waals surface area contributed by atoms with Crippen LogP contribution in [-0.4, -0.2) is 21.8 Å². The third-order valence-corrected chi connectivity index (χ3v) is 5.10. The Balaban J connectivity index is 1.88. The smallest absolute Gasteiger partial charge is 0.413 e. The van der Waals surface area contributed by atoms with Crippen LogP contribution in [0.5, 0.6) is 0 Å². The lowest BCUT2D eigenvalue weighted by Gasteiger charge is -2.18. The van der Waals surface area contributed by atoms with Crippen LogP contribution in [0.15, 0.2) is 40.9 Å². The highest BCUT2D eigenvalue weighted by Gasteiger charge is 2.19. The summed E-state index contributed by atoms with van der Waals surface area (Å²) in [7, 11) is 0. The number of aliphatic hydroxyl groups excluding tert-OH is 1. The molecule has 5 nitrogen and oxygen atoms in total. The molecule has 1 atom stereocenters. The van der Waals surface area contributed by atoms with E-state index in [0.717, 1.165) is 4.70 Å². The number of rotatable bonds is 3. The molecule has 2 aromatic carbocycles. The number of fused-ring (bicyclic) bond motifs is 1. The molecule has 0 radical (unpaired) electrons. The first kappa shape index (κ1) is 19.7. The quantitative estimate of drug-likeness (QED) is 0.540. The molecule has 1 heterocycles. The van der Waals surface area contributed by atoms with Crippen molar-refractivity contribution in [1.82, 2.24) is 4.98 Å². The lowest BCUT2D eigenvalue weighted by atomic mass is 10.0. The molecule has 3 aromatic rings. The Bertz CT molecular complexity index is 983. The van der Waals surface area contributed by atoms with Crippen LogP contribution in [0, 0.1) is 5.82 Å². The molecule has 2 N–H and O–H groups in total. The molecule has 142 valence electrons. The summed E-state index contributed by atoms with van der Waals surface area (Å²) >= 11 is 4.73. The molecule has 0 spiro atoms. The van der Waals surface area contributed by atoms with Gasteiger partial charge in [-0.05, 0) is 72.1 Å². The fourth-order valence-electron chi connectivity index (χ4n) is 2.45. The number of hydrogen-bond acceptors (Lipinski definition) is 5. The van der Waals surface area contributed by atoms with Crippen molar-refractivity contribution in [2.45, 2.75) is 32.5 Å². The first-order valence-corrected chi connectivity index (χ1v) is 9.77. The monoisotopic (exact) mass is 452 g/mol. The lowest BCUT2D eigenvalue weighted by Crippen LogP contribution is -2.27. The summed E-state index contributed by atoms with van der Waals surface area (Å²) in [6.45, 7) is 5.35. The Labute approximate surface area is 168 Å². The number of carbonyl (C=O) groups excluding carboxylic acids is 1. The number of ether oxygens (including phenoxy) is 1. The van der Waals surface area contributed by atoms with Crippen molar-refractivity contribution >= 4 is 48.7 Å². The Morgan fingerprint density at radius 2 is 1.93 bits per heavy atom. The highest BCUT2D eigenvalue weighted by Crippen LogP contribution is 2.35. The number of hydrogen-bond donors (Lipinski definition) is 2. The summed E-state index contributed by atoms with van der Waals surface area (Å²) in [5.74, 6) is -0.358. The molecule has 27 heavy (non-hydrogen) atoms. The fourth-order valence-corrected chi connectivity index (χ4v) is 4.07. The first-order valence-electron chi connectivity index (χ1n) is 8.16. The highest BCUT2D eigenvalue weighted by atomic mass is 79.9. The number of nitrogens with zero attached hydrogens (tertiary/aromatic N) is 1. The third-order valence-electron chi connectivity index (χ3n) is 3.58. The Kier molecular flexibility index (Phi) is 5.50. The van der Waals surface area contributed by atoms with Gasteiger partial charge < -0.3 is 9.84 Å². The molecule has 1 aromatic heterocycles. The van der Waals surface area contributed by atoms with Gasteiger partial charge in [-0.1, -0.05) is 23.5 Å². The molecule has 0 fully saturated rings. The molecular formula is C19H18BrFN2O3S. The second-order valence-corrected chi connectivity index (χ2v) is 8.83. The SMILES string of the molecule is CC(C)(C)OC(=O)Nc1nc2c(Br)cc(C(O)c3ccc(F)cc3)cc2s1. The molecule has 0 saturated heterocycles. The maximum absolute atomic E-state index is 13.1. The number of benzene rings is 2. The molecule has 0 aliphatic rings. The zero-order chi connectivity index (χ0) is 19.8. The minimum atomic E-state index is -0.907. The summed E-state index contributed by atoms with van der Waals surface area (Å²) < 4.78 is 19.8. The van der Waals surface area contributed by atoms with Gasteiger partial charge in [-0.3, -0.25) is 5.32 Å². The average Bonchev–Trinajstić information content (AvgIpc) is 2.96. The summed E-state index contributed by atoms with van der Waals surface area (Å²) in [6, 6.07) is 9.25. The minimum Gasteiger partial charge on any atom is -0.444 e. The van der Waals surface area contributed by atoms with Gasteiger partial charge in [-0.15, -0.1) is 0 Å². The van der Waals surface area contributed by atoms with Gasteiger partial charge in [0.05, 0.1) is 10.2 Å². The summed E-state index contributed by atoms with van der Waals surface area (Å²) in [6.07, 6.45) is -1.49. The fraction of sp³-hybridized carbons (Fsp3) is 0.263. The van der Waals surface area contributed by atoms with E-state index in [1.807, 2.05) is 0 Å². The zero-order valence-electron chi connectivity index (χ0n) is 14.9. The van der Waals surface area contributed by atoms with Crippen molar-refractivity contribution in [3.63, 3.8) is 0 Å². The van der Waals surface area contributed by atoms with Gasteiger partial charge in [0.1, 0.15) is 17.5 Å². The van der Waals surface area contributed by atoms with Crippen molar-refractivity contribution in [3.8, 4) is 0 Å². The molecule has 1 unspecified atom stereocenters. The van der Waals surface area contributed by atoms with Crippen LogP contribution in [0.3, 0.4) is 0 Å². The van der Waals surface area contributed by atoms with Gasteiger partial charge in [0, 0.05) is 4.47 Å². The number of thiazole rings is 1. The van der Waals surface area contributed by atoms with Crippen LogP contribution >= 0.6 is 27.3 Å². The van der Waals surface area contributed by atoms with E-state index in [1.165, 1.54) is 23.5 Å². The number of nitrogens with one attached hydrogen (secondary N) is 1. The molecular weight excluding hydrogens is 435 g/mol. The molecule has 0 bridgehead atoms. The topological polar surface area (TPSA) is 71.5 Å². The maximum Gasteiger partial charge on any atom is 0.413 e. The first-order chi connectivity index (χ1) is 12.6. The molecule has 1 amide bonds. The van der Waals surface area contributed by atoms with Crippen LogP contribution < -0.4 is 5.32 Å². The van der Waals surface area contributed by atoms with Gasteiger partial charge >= 0.3 is 6.09 Å². The second kappa shape index (κ2) is 7.53. The predicted molar refractivity (Wildman–Crippen MR) is 108 cm³/mol. The molecule has 0 aliphatic heterocycles. The van der Waals surface area contributed by atoms with Gasteiger partial charge in [-0.25, -0.2) is 14.2 Å². The van der Waals surface area contributed by atoms with Gasteiger partial charge in [0.15, 0.2) is 5.13 Å². The number of aromatic nitrogens is 1. The largest absolute Gasteiger partial charge is 0.444 e. The summed E-state index contributed by atoms with van der Waals surface area (Å²) in [5.41, 5.74) is 1.28. The highest BCUT2D eigenvalue weighted by molar-refractivity contribution is 9.10. The summed E-state index contributed by atoms with van der Waals surface area (Å²) in [4.78, 5) is 16.3. The second-order valence-electron chi connectivity index (χ2n) is 6.95. The number of carbonyl (C=O) groups is 1.